The first-order chi connectivity index (χ1) is 13.4. The van der Waals surface area contributed by atoms with Gasteiger partial charge in [-0.05, 0) is 80.5 Å². The summed E-state index contributed by atoms with van der Waals surface area (Å²) in [6.07, 6.45) is 15.9. The van der Waals surface area contributed by atoms with Crippen molar-refractivity contribution in [1.82, 2.24) is 4.90 Å². The van der Waals surface area contributed by atoms with Crippen LogP contribution >= 0.6 is 0 Å². The highest BCUT2D eigenvalue weighted by Gasteiger charge is 2.62. The lowest BCUT2D eigenvalue weighted by molar-refractivity contribution is -0.137. The van der Waals surface area contributed by atoms with Gasteiger partial charge in [0, 0.05) is 24.6 Å². The molecule has 5 aliphatic rings. The van der Waals surface area contributed by atoms with Gasteiger partial charge in [-0.3, -0.25) is 4.79 Å². The van der Waals surface area contributed by atoms with E-state index in [9.17, 15) is 4.79 Å². The fourth-order valence-electron chi connectivity index (χ4n) is 7.83. The summed E-state index contributed by atoms with van der Waals surface area (Å²) >= 11 is 0. The highest BCUT2D eigenvalue weighted by molar-refractivity contribution is 5.79. The molecule has 1 aliphatic heterocycles. The minimum Gasteiger partial charge on any atom is -0.374 e. The Morgan fingerprint density at radius 1 is 1.25 bits per heavy atom. The van der Waals surface area contributed by atoms with Crippen LogP contribution in [0.15, 0.2) is 24.4 Å². The molecule has 3 nitrogen and oxygen atoms in total. The Labute approximate surface area is 170 Å². The summed E-state index contributed by atoms with van der Waals surface area (Å²) in [5.41, 5.74) is 1.81. The van der Waals surface area contributed by atoms with Gasteiger partial charge in [0.15, 0.2) is 0 Å². The smallest absolute Gasteiger partial charge is 0.226 e. The number of nitrogens with zero attached hydrogens (tertiary/aromatic N) is 1. The molecule has 0 spiro atoms. The summed E-state index contributed by atoms with van der Waals surface area (Å²) in [6.45, 7) is 9.05. The number of likely N-dealkylation sites (tertiary alicyclic amines) is 1. The van der Waals surface area contributed by atoms with E-state index in [2.05, 4.69) is 32.6 Å². The number of piperidine rings is 1. The monoisotopic (exact) mass is 383 g/mol. The molecule has 0 N–H and O–H groups in total. The number of allylic oxidation sites excluding steroid dienone is 3. The van der Waals surface area contributed by atoms with Gasteiger partial charge in [0.1, 0.15) is 0 Å². The molecule has 1 heterocycles. The predicted molar refractivity (Wildman–Crippen MR) is 111 cm³/mol. The maximum atomic E-state index is 12.3. The number of ether oxygens (including phenoxy) is 1. The van der Waals surface area contributed by atoms with Crippen LogP contribution in [0.5, 0.6) is 0 Å². The highest BCUT2D eigenvalue weighted by Crippen LogP contribution is 2.66. The van der Waals surface area contributed by atoms with E-state index in [1.807, 2.05) is 11.9 Å². The normalized spacial score (nSPS) is 47.8. The molecule has 0 radical (unpaired) electrons. The molecule has 5 rings (SSSR count). The Kier molecular flexibility index (Phi) is 4.36. The van der Waals surface area contributed by atoms with Crippen molar-refractivity contribution < 1.29 is 9.53 Å². The van der Waals surface area contributed by atoms with Crippen molar-refractivity contribution in [3.05, 3.63) is 24.4 Å². The molecule has 0 aromatic heterocycles. The average molecular weight is 384 g/mol. The van der Waals surface area contributed by atoms with Crippen LogP contribution in [0.2, 0.25) is 0 Å². The third-order valence-corrected chi connectivity index (χ3v) is 9.42. The SMILES string of the molecule is C=CC[C@H]1C[C@H]2[C@@H]3CC=C4N(C)C(=O)CC[C@]4(C)[C@H]3CC[C@]2(C)[C@H]1OC1CC1. The Balaban J connectivity index is 1.47. The number of carbonyl (C=O) groups excluding carboxylic acids is 1. The van der Waals surface area contributed by atoms with Crippen molar-refractivity contribution in [1.29, 1.82) is 0 Å². The zero-order valence-corrected chi connectivity index (χ0v) is 18.0. The zero-order valence-electron chi connectivity index (χ0n) is 18.0. The van der Waals surface area contributed by atoms with E-state index in [1.54, 1.807) is 0 Å². The van der Waals surface area contributed by atoms with Crippen molar-refractivity contribution in [3.63, 3.8) is 0 Å². The first-order valence-electron chi connectivity index (χ1n) is 11.6. The summed E-state index contributed by atoms with van der Waals surface area (Å²) < 4.78 is 6.69. The number of hydrogen-bond acceptors (Lipinski definition) is 2. The van der Waals surface area contributed by atoms with Crippen LogP contribution in [0.3, 0.4) is 0 Å². The van der Waals surface area contributed by atoms with Crippen molar-refractivity contribution >= 4 is 5.91 Å². The van der Waals surface area contributed by atoms with Gasteiger partial charge < -0.3 is 9.64 Å². The maximum Gasteiger partial charge on any atom is 0.226 e. The molecule has 0 bridgehead atoms. The van der Waals surface area contributed by atoms with Crippen molar-refractivity contribution in [2.24, 2.45) is 34.5 Å². The van der Waals surface area contributed by atoms with Gasteiger partial charge in [0.05, 0.1) is 12.2 Å². The zero-order chi connectivity index (χ0) is 19.7. The molecule has 0 unspecified atom stereocenters. The highest BCUT2D eigenvalue weighted by atomic mass is 16.5. The minimum atomic E-state index is 0.177. The average Bonchev–Trinajstić information content (AvgIpc) is 3.44. The topological polar surface area (TPSA) is 29.5 Å². The molecule has 1 saturated heterocycles. The van der Waals surface area contributed by atoms with E-state index in [-0.39, 0.29) is 5.41 Å². The van der Waals surface area contributed by atoms with Crippen molar-refractivity contribution in [3.8, 4) is 0 Å². The van der Waals surface area contributed by atoms with E-state index >= 15 is 0 Å². The summed E-state index contributed by atoms with van der Waals surface area (Å²) in [5.74, 6) is 3.14. The van der Waals surface area contributed by atoms with Gasteiger partial charge in [-0.2, -0.15) is 0 Å². The summed E-state index contributed by atoms with van der Waals surface area (Å²) in [4.78, 5) is 14.3. The Bertz CT molecular complexity index is 709. The predicted octanol–water partition coefficient (Wildman–Crippen LogP) is 5.32. The number of fused-ring (bicyclic) bond motifs is 5. The number of rotatable bonds is 4. The first kappa shape index (κ1) is 18.9. The largest absolute Gasteiger partial charge is 0.374 e. The molecule has 7 atom stereocenters. The van der Waals surface area contributed by atoms with Gasteiger partial charge in [-0.25, -0.2) is 0 Å². The summed E-state index contributed by atoms with van der Waals surface area (Å²) in [6, 6.07) is 0. The third-order valence-electron chi connectivity index (χ3n) is 9.42. The Morgan fingerprint density at radius 2 is 2.04 bits per heavy atom. The van der Waals surface area contributed by atoms with E-state index in [1.165, 1.54) is 37.8 Å². The lowest BCUT2D eigenvalue weighted by atomic mass is 9.49. The molecule has 154 valence electrons. The molecular weight excluding hydrogens is 346 g/mol. The molecule has 0 aromatic carbocycles. The second-order valence-electron chi connectivity index (χ2n) is 10.9. The molecule has 28 heavy (non-hydrogen) atoms. The van der Waals surface area contributed by atoms with Gasteiger partial charge in [-0.15, -0.1) is 6.58 Å². The lowest BCUT2D eigenvalue weighted by Crippen LogP contribution is -2.54. The molecule has 3 saturated carbocycles. The van der Waals surface area contributed by atoms with Crippen LogP contribution in [0, 0.1) is 34.5 Å². The van der Waals surface area contributed by atoms with Crippen LogP contribution in [0.25, 0.3) is 0 Å². The standard InChI is InChI=1S/C25H37NO2/c1-5-6-16-15-20-18-9-10-21-24(2,14-12-22(27)26(21)4)19(18)11-13-25(20,3)23(16)28-17-7-8-17/h5,10,16-20,23H,1,6-9,11-15H2,2-4H3/t16-,18+,19-,20-,23-,24+,25-/m0/s1. The van der Waals surface area contributed by atoms with Crippen LogP contribution in [-0.4, -0.2) is 30.1 Å². The molecule has 0 aromatic rings. The van der Waals surface area contributed by atoms with Crippen LogP contribution < -0.4 is 0 Å². The second kappa shape index (κ2) is 6.45. The Hall–Kier alpha value is -1.09. The van der Waals surface area contributed by atoms with Crippen LogP contribution in [0.1, 0.15) is 71.6 Å². The molecule has 3 heteroatoms. The number of carbonyl (C=O) groups is 1. The summed E-state index contributed by atoms with van der Waals surface area (Å²) in [5, 5.41) is 0. The van der Waals surface area contributed by atoms with E-state index in [0.717, 1.165) is 31.1 Å². The van der Waals surface area contributed by atoms with Crippen molar-refractivity contribution in [2.45, 2.75) is 83.8 Å². The molecular formula is C25H37NO2. The first-order valence-corrected chi connectivity index (χ1v) is 11.6. The van der Waals surface area contributed by atoms with Crippen molar-refractivity contribution in [2.75, 3.05) is 7.05 Å². The maximum absolute atomic E-state index is 12.3. The van der Waals surface area contributed by atoms with Crippen LogP contribution in [0.4, 0.5) is 0 Å². The number of hydrogen-bond donors (Lipinski definition) is 0. The molecule has 1 amide bonds. The van der Waals surface area contributed by atoms with Gasteiger partial charge in [-0.1, -0.05) is 26.0 Å². The van der Waals surface area contributed by atoms with E-state index in [0.29, 0.717) is 41.8 Å². The third kappa shape index (κ3) is 2.61. The second-order valence-corrected chi connectivity index (χ2v) is 10.9. The minimum absolute atomic E-state index is 0.177. The molecule has 4 fully saturated rings. The van der Waals surface area contributed by atoms with Crippen LogP contribution in [-0.2, 0) is 9.53 Å². The van der Waals surface area contributed by atoms with E-state index in [4.69, 9.17) is 4.74 Å². The summed E-state index contributed by atoms with van der Waals surface area (Å²) in [7, 11) is 1.99. The Morgan fingerprint density at radius 3 is 2.75 bits per heavy atom. The van der Waals surface area contributed by atoms with E-state index < -0.39 is 0 Å². The van der Waals surface area contributed by atoms with Gasteiger partial charge in [0.25, 0.3) is 0 Å². The fraction of sp³-hybridized carbons (Fsp3) is 0.800. The quantitative estimate of drug-likeness (QED) is 0.615. The number of amides is 1. The lowest BCUT2D eigenvalue weighted by Gasteiger charge is -2.58. The van der Waals surface area contributed by atoms with Gasteiger partial charge >= 0.3 is 0 Å². The van der Waals surface area contributed by atoms with Gasteiger partial charge in [0.2, 0.25) is 5.91 Å². The molecule has 4 aliphatic carbocycles. The fourth-order valence-corrected chi connectivity index (χ4v) is 7.83.